The Morgan fingerprint density at radius 3 is 2.67 bits per heavy atom. The van der Waals surface area contributed by atoms with Crippen LogP contribution in [0.3, 0.4) is 0 Å². The lowest BCUT2D eigenvalue weighted by atomic mass is 10.1. The Morgan fingerprint density at radius 1 is 1.25 bits per heavy atom. The Balaban J connectivity index is 2.01. The molecule has 2 aromatic heterocycles. The van der Waals surface area contributed by atoms with Gasteiger partial charge >= 0.3 is 0 Å². The Labute approximate surface area is 145 Å². The topological polar surface area (TPSA) is 64.9 Å². The molecular weight excluding hydrogens is 322 g/mol. The van der Waals surface area contributed by atoms with E-state index in [9.17, 15) is 0 Å². The summed E-state index contributed by atoms with van der Waals surface area (Å²) in [5.41, 5.74) is 1.01. The lowest BCUT2D eigenvalue weighted by Crippen LogP contribution is -2.17. The number of ether oxygens (including phenoxy) is 1. The van der Waals surface area contributed by atoms with E-state index >= 15 is 0 Å². The van der Waals surface area contributed by atoms with E-state index in [2.05, 4.69) is 33.5 Å². The maximum atomic E-state index is 5.54. The summed E-state index contributed by atoms with van der Waals surface area (Å²) in [5.74, 6) is 2.85. The molecule has 6 nitrogen and oxygen atoms in total. The number of imidazole rings is 1. The molecule has 2 heterocycles. The lowest BCUT2D eigenvalue weighted by Gasteiger charge is -2.20. The molecule has 0 saturated carbocycles. The molecule has 0 amide bonds. The molecule has 0 fully saturated rings. The summed E-state index contributed by atoms with van der Waals surface area (Å²) in [4.78, 5) is 9.10. The predicted molar refractivity (Wildman–Crippen MR) is 95.7 cm³/mol. The molecule has 1 unspecified atom stereocenters. The molecule has 0 aliphatic rings. The number of nitrogens with zero attached hydrogens (tertiary/aromatic N) is 4. The van der Waals surface area contributed by atoms with Gasteiger partial charge in [-0.2, -0.15) is 4.37 Å². The fourth-order valence-corrected chi connectivity index (χ4v) is 3.23. The van der Waals surface area contributed by atoms with Crippen LogP contribution in [0.15, 0.2) is 36.7 Å². The zero-order valence-corrected chi connectivity index (χ0v) is 15.0. The first-order valence-electron chi connectivity index (χ1n) is 7.80. The normalized spacial score (nSPS) is 12.4. The van der Waals surface area contributed by atoms with Crippen molar-refractivity contribution < 1.29 is 4.74 Å². The van der Waals surface area contributed by atoms with Crippen molar-refractivity contribution in [3.63, 3.8) is 0 Å². The number of hydrogen-bond donors (Lipinski definition) is 1. The minimum absolute atomic E-state index is 0.172. The van der Waals surface area contributed by atoms with Gasteiger partial charge in [-0.25, -0.2) is 9.97 Å². The minimum atomic E-state index is -0.172. The molecule has 1 aromatic carbocycles. The Bertz CT molecular complexity index is 811. The minimum Gasteiger partial charge on any atom is -0.496 e. The molecule has 3 rings (SSSR count). The van der Waals surface area contributed by atoms with Crippen LogP contribution in [0.25, 0.3) is 0 Å². The van der Waals surface area contributed by atoms with E-state index in [1.165, 1.54) is 11.5 Å². The van der Waals surface area contributed by atoms with Crippen LogP contribution in [0.5, 0.6) is 5.75 Å². The molecular formula is C17H21N5OS. The first-order valence-corrected chi connectivity index (χ1v) is 8.57. The van der Waals surface area contributed by atoms with Gasteiger partial charge in [-0.15, -0.1) is 0 Å². The van der Waals surface area contributed by atoms with Crippen LogP contribution in [0.4, 0.5) is 5.13 Å². The molecule has 0 bridgehead atoms. The van der Waals surface area contributed by atoms with Crippen LogP contribution in [-0.4, -0.2) is 26.0 Å². The molecule has 3 aromatic rings. The van der Waals surface area contributed by atoms with Gasteiger partial charge in [0.05, 0.1) is 7.11 Å². The highest BCUT2D eigenvalue weighted by Gasteiger charge is 2.23. The lowest BCUT2D eigenvalue weighted by molar-refractivity contribution is 0.408. The van der Waals surface area contributed by atoms with Crippen LogP contribution < -0.4 is 10.1 Å². The third kappa shape index (κ3) is 3.26. The van der Waals surface area contributed by atoms with E-state index in [1.54, 1.807) is 13.3 Å². The van der Waals surface area contributed by atoms with Gasteiger partial charge in [0.2, 0.25) is 5.13 Å². The Hall–Kier alpha value is -2.41. The number of aryl methyl sites for hydroxylation is 1. The number of methoxy groups -OCH3 is 1. The summed E-state index contributed by atoms with van der Waals surface area (Å²) in [6, 6.07) is 7.77. The van der Waals surface area contributed by atoms with Crippen LogP contribution >= 0.6 is 11.5 Å². The van der Waals surface area contributed by atoms with Crippen molar-refractivity contribution in [2.45, 2.75) is 25.8 Å². The number of nitrogens with one attached hydrogen (secondary N) is 1. The van der Waals surface area contributed by atoms with E-state index in [4.69, 9.17) is 4.74 Å². The van der Waals surface area contributed by atoms with Crippen molar-refractivity contribution in [3.05, 3.63) is 53.9 Å². The molecule has 0 aliphatic heterocycles. The average Bonchev–Trinajstić information content (AvgIpc) is 3.21. The summed E-state index contributed by atoms with van der Waals surface area (Å²) < 4.78 is 11.9. The number of benzene rings is 1. The fourth-order valence-electron chi connectivity index (χ4n) is 2.49. The Kier molecular flexibility index (Phi) is 4.80. The highest BCUT2D eigenvalue weighted by molar-refractivity contribution is 7.09. The van der Waals surface area contributed by atoms with Gasteiger partial charge in [-0.1, -0.05) is 32.0 Å². The van der Waals surface area contributed by atoms with Gasteiger partial charge in [0.25, 0.3) is 0 Å². The van der Waals surface area contributed by atoms with Gasteiger partial charge in [-0.3, -0.25) is 0 Å². The number of rotatable bonds is 6. The van der Waals surface area contributed by atoms with Crippen molar-refractivity contribution in [2.75, 3.05) is 12.4 Å². The van der Waals surface area contributed by atoms with Gasteiger partial charge in [-0.05, 0) is 6.07 Å². The molecule has 0 spiro atoms. The molecule has 0 radical (unpaired) electrons. The zero-order chi connectivity index (χ0) is 17.1. The highest BCUT2D eigenvalue weighted by Crippen LogP contribution is 2.32. The molecule has 0 aliphatic carbocycles. The third-order valence-electron chi connectivity index (χ3n) is 3.79. The molecule has 0 saturated heterocycles. The monoisotopic (exact) mass is 343 g/mol. The van der Waals surface area contributed by atoms with Crippen molar-refractivity contribution in [1.82, 2.24) is 18.9 Å². The zero-order valence-electron chi connectivity index (χ0n) is 14.2. The molecule has 1 N–H and O–H groups in total. The quantitative estimate of drug-likeness (QED) is 0.741. The number of para-hydroxylation sites is 1. The van der Waals surface area contributed by atoms with E-state index in [0.717, 1.165) is 28.1 Å². The van der Waals surface area contributed by atoms with Crippen molar-refractivity contribution in [1.29, 1.82) is 0 Å². The van der Waals surface area contributed by atoms with Gasteiger partial charge < -0.3 is 14.6 Å². The van der Waals surface area contributed by atoms with Crippen LogP contribution in [-0.2, 0) is 7.05 Å². The predicted octanol–water partition coefficient (Wildman–Crippen LogP) is 3.61. The second kappa shape index (κ2) is 7.00. The number of hydrogen-bond acceptors (Lipinski definition) is 6. The van der Waals surface area contributed by atoms with Crippen molar-refractivity contribution in [2.24, 2.45) is 7.05 Å². The summed E-state index contributed by atoms with van der Waals surface area (Å²) in [6.07, 6.45) is 3.72. The van der Waals surface area contributed by atoms with Crippen molar-refractivity contribution >= 4 is 16.7 Å². The number of aromatic nitrogens is 4. The van der Waals surface area contributed by atoms with E-state index in [1.807, 2.05) is 42.1 Å². The molecule has 1 atom stereocenters. The fraction of sp³-hybridized carbons (Fsp3) is 0.353. The summed E-state index contributed by atoms with van der Waals surface area (Å²) in [7, 11) is 3.65. The standard InChI is InChI=1S/C17H21N5OS/c1-11(2)15-20-17(24-21-15)19-14(16-18-9-10-22(16)3)12-7-5-6-8-13(12)23-4/h5-11,14H,1-4H3,(H,19,20,21). The third-order valence-corrected chi connectivity index (χ3v) is 4.45. The largest absolute Gasteiger partial charge is 0.496 e. The van der Waals surface area contributed by atoms with Gasteiger partial charge in [0.1, 0.15) is 23.4 Å². The summed E-state index contributed by atoms with van der Waals surface area (Å²) in [5, 5.41) is 4.25. The smallest absolute Gasteiger partial charge is 0.203 e. The number of anilines is 1. The first-order chi connectivity index (χ1) is 11.6. The second-order valence-electron chi connectivity index (χ2n) is 5.83. The molecule has 7 heteroatoms. The Morgan fingerprint density at radius 2 is 2.04 bits per heavy atom. The summed E-state index contributed by atoms with van der Waals surface area (Å²) in [6.45, 7) is 4.17. The van der Waals surface area contributed by atoms with Crippen LogP contribution in [0.2, 0.25) is 0 Å². The summed E-state index contributed by atoms with van der Waals surface area (Å²) >= 11 is 1.37. The maximum absolute atomic E-state index is 5.54. The average molecular weight is 343 g/mol. The molecule has 24 heavy (non-hydrogen) atoms. The van der Waals surface area contributed by atoms with Crippen LogP contribution in [0, 0.1) is 0 Å². The van der Waals surface area contributed by atoms with Gasteiger partial charge in [0, 0.05) is 42.5 Å². The highest BCUT2D eigenvalue weighted by atomic mass is 32.1. The van der Waals surface area contributed by atoms with Crippen molar-refractivity contribution in [3.8, 4) is 5.75 Å². The second-order valence-corrected chi connectivity index (χ2v) is 6.58. The van der Waals surface area contributed by atoms with Crippen LogP contribution in [0.1, 0.15) is 43.0 Å². The SMILES string of the molecule is COc1ccccc1C(Nc1nc(C(C)C)ns1)c1nccn1C. The van der Waals surface area contributed by atoms with E-state index in [0.29, 0.717) is 5.92 Å². The van der Waals surface area contributed by atoms with E-state index < -0.39 is 0 Å². The van der Waals surface area contributed by atoms with Gasteiger partial charge in [0.15, 0.2) is 0 Å². The van der Waals surface area contributed by atoms with E-state index in [-0.39, 0.29) is 6.04 Å². The maximum Gasteiger partial charge on any atom is 0.203 e. The first kappa shape index (κ1) is 16.4. The molecule has 126 valence electrons.